The maximum atomic E-state index is 10.3. The summed E-state index contributed by atoms with van der Waals surface area (Å²) in [6.07, 6.45) is 0. The Balaban J connectivity index is 3.30. The number of nitrogens with zero attached hydrogens (tertiary/aromatic N) is 1. The second-order valence-corrected chi connectivity index (χ2v) is 5.98. The highest BCUT2D eigenvalue weighted by Crippen LogP contribution is 2.49. The Morgan fingerprint density at radius 3 is 2.30 bits per heavy atom. The lowest BCUT2D eigenvalue weighted by Crippen LogP contribution is -2.14. The highest BCUT2D eigenvalue weighted by Gasteiger charge is 2.12. The molecule has 0 aromatic rings. The van der Waals surface area contributed by atoms with Crippen LogP contribution in [-0.2, 0) is 4.57 Å². The van der Waals surface area contributed by atoms with Crippen molar-refractivity contribution in [3.05, 3.63) is 0 Å². The maximum absolute atomic E-state index is 10.3. The van der Waals surface area contributed by atoms with E-state index in [4.69, 9.17) is 9.79 Å². The van der Waals surface area contributed by atoms with E-state index in [1.54, 1.807) is 0 Å². The molecule has 0 amide bonds. The van der Waals surface area contributed by atoms with Gasteiger partial charge in [0.1, 0.15) is 0 Å². The van der Waals surface area contributed by atoms with Crippen LogP contribution in [0.25, 0.3) is 0 Å². The molecule has 0 saturated heterocycles. The van der Waals surface area contributed by atoms with Gasteiger partial charge in [0.05, 0.1) is 0 Å². The first kappa shape index (κ1) is 10.5. The summed E-state index contributed by atoms with van der Waals surface area (Å²) in [6, 6.07) is 0. The van der Waals surface area contributed by atoms with E-state index in [1.807, 2.05) is 19.0 Å². The summed E-state index contributed by atoms with van der Waals surface area (Å²) in [5, 5.41) is 0. The fraction of sp³-hybridized carbons (Fsp3) is 1.00. The maximum Gasteiger partial charge on any atom is 0.384 e. The second kappa shape index (κ2) is 4.36. The lowest BCUT2D eigenvalue weighted by molar-refractivity contribution is 0.396. The molecule has 0 aliphatic rings. The van der Waals surface area contributed by atoms with Gasteiger partial charge in [-0.2, -0.15) is 0 Å². The van der Waals surface area contributed by atoms with Crippen LogP contribution < -0.4 is 0 Å². The molecule has 0 rings (SSSR count). The van der Waals surface area contributed by atoms with E-state index in [9.17, 15) is 4.57 Å². The van der Waals surface area contributed by atoms with Gasteiger partial charge in [-0.3, -0.25) is 0 Å². The Bertz CT molecular complexity index is 134. The molecule has 0 bridgehead atoms. The zero-order valence-electron chi connectivity index (χ0n) is 6.02. The molecule has 0 atom stereocenters. The van der Waals surface area contributed by atoms with Crippen LogP contribution in [0.5, 0.6) is 0 Å². The Hall–Kier alpha value is 0.460. The predicted octanol–water partition coefficient (Wildman–Crippen LogP) is 0.374. The van der Waals surface area contributed by atoms with Crippen molar-refractivity contribution in [1.29, 1.82) is 0 Å². The smallest absolute Gasteiger partial charge is 0.317 e. The number of rotatable bonds is 4. The molecule has 2 N–H and O–H groups in total. The molecule has 0 heterocycles. The molecule has 0 aromatic heterocycles. The minimum absolute atomic E-state index is 0.470. The molecule has 0 fully saturated rings. The molecule has 0 aliphatic carbocycles. The predicted molar refractivity (Wildman–Crippen MR) is 43.1 cm³/mol. The topological polar surface area (TPSA) is 60.8 Å². The summed E-state index contributed by atoms with van der Waals surface area (Å²) in [7, 11) is 3.72. The van der Waals surface area contributed by atoms with E-state index in [0.717, 1.165) is 0 Å². The highest BCUT2D eigenvalue weighted by atomic mass is 32.7. The summed E-state index contributed by atoms with van der Waals surface area (Å²) < 4.78 is 10.3. The van der Waals surface area contributed by atoms with Crippen LogP contribution in [0.4, 0.5) is 0 Å². The summed E-state index contributed by atoms with van der Waals surface area (Å²) in [6.45, 7) is -3.14. The second-order valence-electron chi connectivity index (χ2n) is 2.13. The molecule has 0 radical (unpaired) electrons. The van der Waals surface area contributed by atoms with Crippen LogP contribution >= 0.6 is 18.2 Å². The Morgan fingerprint density at radius 1 is 1.50 bits per heavy atom. The van der Waals surface area contributed by atoms with Crippen LogP contribution in [0.3, 0.4) is 0 Å². The molecule has 0 spiro atoms. The van der Waals surface area contributed by atoms with Crippen LogP contribution in [0, 0.1) is 0 Å². The van der Waals surface area contributed by atoms with Crippen molar-refractivity contribution in [2.75, 3.05) is 26.4 Å². The van der Waals surface area contributed by atoms with Gasteiger partial charge in [-0.15, -0.1) is 0 Å². The monoisotopic (exact) mass is 185 g/mol. The lowest BCUT2D eigenvalue weighted by Gasteiger charge is -2.08. The molecule has 0 saturated carbocycles. The van der Waals surface area contributed by atoms with Crippen LogP contribution in [0.1, 0.15) is 0 Å². The zero-order chi connectivity index (χ0) is 8.20. The SMILES string of the molecule is CN(C)CCSP(=O)(O)O. The average Bonchev–Trinajstić information content (AvgIpc) is 1.59. The van der Waals surface area contributed by atoms with Gasteiger partial charge in [0.25, 0.3) is 0 Å². The van der Waals surface area contributed by atoms with Crippen LogP contribution in [0.15, 0.2) is 0 Å². The van der Waals surface area contributed by atoms with E-state index in [0.29, 0.717) is 23.7 Å². The molecule has 10 heavy (non-hydrogen) atoms. The molecule has 6 heteroatoms. The summed E-state index contributed by atoms with van der Waals surface area (Å²) in [5.74, 6) is 0.470. The fourth-order valence-electron chi connectivity index (χ4n) is 0.342. The van der Waals surface area contributed by atoms with Crippen LogP contribution in [-0.4, -0.2) is 41.1 Å². The first-order valence-electron chi connectivity index (χ1n) is 2.76. The normalized spacial score (nSPS) is 12.5. The highest BCUT2D eigenvalue weighted by molar-refractivity contribution is 8.54. The van der Waals surface area contributed by atoms with E-state index in [-0.39, 0.29) is 0 Å². The molecular formula is C4H12NO3PS. The van der Waals surface area contributed by atoms with Crippen molar-refractivity contribution >= 4 is 18.2 Å². The van der Waals surface area contributed by atoms with Crippen molar-refractivity contribution in [3.8, 4) is 0 Å². The van der Waals surface area contributed by atoms with Crippen molar-refractivity contribution in [2.24, 2.45) is 0 Å². The standard InChI is InChI=1S/C4H12NO3PS/c1-5(2)3-4-10-9(6,7)8/h3-4H2,1-2H3,(H2,6,7,8). The lowest BCUT2D eigenvalue weighted by atomic mass is 10.7. The first-order valence-corrected chi connectivity index (χ1v) is 5.97. The van der Waals surface area contributed by atoms with Gasteiger partial charge in [-0.05, 0) is 25.5 Å². The van der Waals surface area contributed by atoms with Gasteiger partial charge in [-0.25, -0.2) is 4.57 Å². The van der Waals surface area contributed by atoms with Crippen molar-refractivity contribution in [1.82, 2.24) is 4.90 Å². The third-order valence-electron chi connectivity index (χ3n) is 0.798. The summed E-state index contributed by atoms with van der Waals surface area (Å²) in [4.78, 5) is 18.6. The Morgan fingerprint density at radius 2 is 2.00 bits per heavy atom. The average molecular weight is 185 g/mol. The number of hydrogen-bond donors (Lipinski definition) is 2. The quantitative estimate of drug-likeness (QED) is 0.620. The third kappa shape index (κ3) is 8.46. The molecule has 0 aromatic carbocycles. The summed E-state index contributed by atoms with van der Waals surface area (Å²) in [5.41, 5.74) is 0. The van der Waals surface area contributed by atoms with E-state index < -0.39 is 6.80 Å². The van der Waals surface area contributed by atoms with E-state index in [1.165, 1.54) is 0 Å². The summed E-state index contributed by atoms with van der Waals surface area (Å²) >= 11 is 0.687. The minimum atomic E-state index is -3.83. The third-order valence-corrected chi connectivity index (χ3v) is 3.06. The van der Waals surface area contributed by atoms with Crippen molar-refractivity contribution in [3.63, 3.8) is 0 Å². The van der Waals surface area contributed by atoms with Gasteiger partial charge in [-0.1, -0.05) is 0 Å². The molecule has 62 valence electrons. The van der Waals surface area contributed by atoms with Crippen molar-refractivity contribution < 1.29 is 14.4 Å². The zero-order valence-corrected chi connectivity index (χ0v) is 7.73. The van der Waals surface area contributed by atoms with Gasteiger partial charge in [0.15, 0.2) is 0 Å². The van der Waals surface area contributed by atoms with Gasteiger partial charge in [0.2, 0.25) is 0 Å². The molecular weight excluding hydrogens is 173 g/mol. The fourth-order valence-corrected chi connectivity index (χ4v) is 1.99. The van der Waals surface area contributed by atoms with Crippen molar-refractivity contribution in [2.45, 2.75) is 0 Å². The van der Waals surface area contributed by atoms with Gasteiger partial charge < -0.3 is 14.7 Å². The van der Waals surface area contributed by atoms with Gasteiger partial charge in [0, 0.05) is 12.3 Å². The van der Waals surface area contributed by atoms with Gasteiger partial charge >= 0.3 is 6.80 Å². The Kier molecular flexibility index (Phi) is 4.56. The molecule has 0 aliphatic heterocycles. The number of hydrogen-bond acceptors (Lipinski definition) is 3. The van der Waals surface area contributed by atoms with E-state index in [2.05, 4.69) is 0 Å². The minimum Gasteiger partial charge on any atom is -0.317 e. The first-order chi connectivity index (χ1) is 4.42. The molecule has 0 unspecified atom stereocenters. The Labute approximate surface area is 64.5 Å². The molecule has 4 nitrogen and oxygen atoms in total. The van der Waals surface area contributed by atoms with E-state index >= 15 is 0 Å². The van der Waals surface area contributed by atoms with Crippen LogP contribution in [0.2, 0.25) is 0 Å². The largest absolute Gasteiger partial charge is 0.384 e.